The lowest BCUT2D eigenvalue weighted by molar-refractivity contribution is -0.140. The molecule has 1 aromatic carbocycles. The molecule has 0 radical (unpaired) electrons. The van der Waals surface area contributed by atoms with E-state index in [0.29, 0.717) is 5.57 Å². The van der Waals surface area contributed by atoms with Crippen LogP contribution in [0.5, 0.6) is 0 Å². The van der Waals surface area contributed by atoms with Gasteiger partial charge in [-0.1, -0.05) is 37.4 Å². The number of carbonyl (C=O) groups is 1. The fourth-order valence-corrected chi connectivity index (χ4v) is 1.08. The zero-order valence-corrected chi connectivity index (χ0v) is 8.82. The topological polar surface area (TPSA) is 26.3 Å². The summed E-state index contributed by atoms with van der Waals surface area (Å²) >= 11 is 0. The third kappa shape index (κ3) is 3.43. The highest BCUT2D eigenvalue weighted by molar-refractivity contribution is 5.86. The summed E-state index contributed by atoms with van der Waals surface area (Å²) in [5.74, 6) is -0.362. The normalized spacial score (nSPS) is 9.40. The Morgan fingerprint density at radius 2 is 2.27 bits per heavy atom. The monoisotopic (exact) mass is 202 g/mol. The van der Waals surface area contributed by atoms with E-state index in [1.165, 1.54) is 0 Å². The summed E-state index contributed by atoms with van der Waals surface area (Å²) in [4.78, 5) is 11.1. The number of hydrogen-bond donors (Lipinski definition) is 0. The maximum Gasteiger partial charge on any atom is 0.333 e. The second kappa shape index (κ2) is 5.15. The van der Waals surface area contributed by atoms with Crippen molar-refractivity contribution in [3.05, 3.63) is 54.1 Å². The Morgan fingerprint density at radius 3 is 2.87 bits per heavy atom. The van der Waals surface area contributed by atoms with Gasteiger partial charge in [-0.25, -0.2) is 4.79 Å². The Hall–Kier alpha value is -1.83. The molecule has 15 heavy (non-hydrogen) atoms. The lowest BCUT2D eigenvalue weighted by Crippen LogP contribution is -2.04. The summed E-state index contributed by atoms with van der Waals surface area (Å²) in [5, 5.41) is 0. The average molecular weight is 202 g/mol. The molecule has 0 heterocycles. The number of benzene rings is 1. The molecular weight excluding hydrogens is 188 g/mol. The number of hydrogen-bond acceptors (Lipinski definition) is 2. The minimum Gasteiger partial charge on any atom is -0.457 e. The summed E-state index contributed by atoms with van der Waals surface area (Å²) in [5.41, 5.74) is 2.37. The minimum atomic E-state index is -0.362. The van der Waals surface area contributed by atoms with Crippen molar-refractivity contribution < 1.29 is 9.53 Å². The first-order chi connectivity index (χ1) is 7.13. The van der Waals surface area contributed by atoms with Crippen molar-refractivity contribution >= 4 is 12.0 Å². The molecule has 0 spiro atoms. The molecule has 0 saturated carbocycles. The molecule has 2 nitrogen and oxygen atoms in total. The second-order valence-corrected chi connectivity index (χ2v) is 3.31. The van der Waals surface area contributed by atoms with Gasteiger partial charge in [0.15, 0.2) is 0 Å². The van der Waals surface area contributed by atoms with E-state index in [2.05, 4.69) is 13.2 Å². The maximum absolute atomic E-state index is 11.1. The van der Waals surface area contributed by atoms with Gasteiger partial charge in [0.25, 0.3) is 0 Å². The van der Waals surface area contributed by atoms with Crippen molar-refractivity contribution in [3.8, 4) is 0 Å². The van der Waals surface area contributed by atoms with E-state index >= 15 is 0 Å². The third-order valence-electron chi connectivity index (χ3n) is 1.91. The number of ether oxygens (including phenoxy) is 1. The highest BCUT2D eigenvalue weighted by Crippen LogP contribution is 2.08. The molecule has 0 aliphatic carbocycles. The maximum atomic E-state index is 11.1. The molecule has 2 heteroatoms. The van der Waals surface area contributed by atoms with Crippen LogP contribution in [-0.2, 0) is 16.1 Å². The van der Waals surface area contributed by atoms with E-state index in [-0.39, 0.29) is 12.6 Å². The Balaban J connectivity index is 2.61. The van der Waals surface area contributed by atoms with E-state index in [4.69, 9.17) is 4.74 Å². The van der Waals surface area contributed by atoms with Crippen molar-refractivity contribution in [1.29, 1.82) is 0 Å². The van der Waals surface area contributed by atoms with Gasteiger partial charge in [-0.2, -0.15) is 0 Å². The van der Waals surface area contributed by atoms with Crippen LogP contribution in [0.2, 0.25) is 0 Å². The Bertz CT molecular complexity index is 391. The highest BCUT2D eigenvalue weighted by atomic mass is 16.5. The van der Waals surface area contributed by atoms with Gasteiger partial charge in [0.1, 0.15) is 6.61 Å². The molecule has 1 aromatic rings. The molecule has 0 amide bonds. The number of carbonyl (C=O) groups excluding carboxylic acids is 1. The van der Waals surface area contributed by atoms with Gasteiger partial charge < -0.3 is 4.74 Å². The zero-order chi connectivity index (χ0) is 11.3. The van der Waals surface area contributed by atoms with Crippen molar-refractivity contribution in [2.24, 2.45) is 0 Å². The van der Waals surface area contributed by atoms with Crippen LogP contribution in [0.4, 0.5) is 0 Å². The van der Waals surface area contributed by atoms with Gasteiger partial charge in [-0.15, -0.1) is 0 Å². The molecule has 0 N–H and O–H groups in total. The van der Waals surface area contributed by atoms with Crippen LogP contribution in [0.25, 0.3) is 6.08 Å². The van der Waals surface area contributed by atoms with E-state index in [1.54, 1.807) is 13.0 Å². The summed E-state index contributed by atoms with van der Waals surface area (Å²) in [6.45, 7) is 9.08. The average Bonchev–Trinajstić information content (AvgIpc) is 2.26. The molecule has 78 valence electrons. The van der Waals surface area contributed by atoms with Gasteiger partial charge in [-0.3, -0.25) is 0 Å². The van der Waals surface area contributed by atoms with Crippen molar-refractivity contribution in [2.75, 3.05) is 0 Å². The Morgan fingerprint density at radius 1 is 1.53 bits per heavy atom. The van der Waals surface area contributed by atoms with Crippen molar-refractivity contribution in [3.63, 3.8) is 0 Å². The highest BCUT2D eigenvalue weighted by Gasteiger charge is 2.03. The third-order valence-corrected chi connectivity index (χ3v) is 1.91. The molecule has 0 aliphatic heterocycles. The van der Waals surface area contributed by atoms with Crippen LogP contribution >= 0.6 is 0 Å². The van der Waals surface area contributed by atoms with E-state index in [0.717, 1.165) is 11.1 Å². The lowest BCUT2D eigenvalue weighted by Gasteiger charge is -2.04. The van der Waals surface area contributed by atoms with Crippen LogP contribution < -0.4 is 0 Å². The van der Waals surface area contributed by atoms with Gasteiger partial charge in [0.2, 0.25) is 0 Å². The van der Waals surface area contributed by atoms with Gasteiger partial charge in [0.05, 0.1) is 0 Å². The largest absolute Gasteiger partial charge is 0.457 e. The molecule has 0 bridgehead atoms. The second-order valence-electron chi connectivity index (χ2n) is 3.31. The van der Waals surface area contributed by atoms with Crippen LogP contribution in [0, 0.1) is 0 Å². The fourth-order valence-electron chi connectivity index (χ4n) is 1.08. The van der Waals surface area contributed by atoms with E-state index in [9.17, 15) is 4.79 Å². The first-order valence-corrected chi connectivity index (χ1v) is 4.67. The zero-order valence-electron chi connectivity index (χ0n) is 8.82. The predicted octanol–water partition coefficient (Wildman–Crippen LogP) is 2.95. The molecule has 0 unspecified atom stereocenters. The van der Waals surface area contributed by atoms with Crippen molar-refractivity contribution in [2.45, 2.75) is 13.5 Å². The lowest BCUT2D eigenvalue weighted by atomic mass is 10.1. The molecule has 0 aromatic heterocycles. The minimum absolute atomic E-state index is 0.271. The number of rotatable bonds is 4. The molecule has 0 atom stereocenters. The summed E-state index contributed by atoms with van der Waals surface area (Å²) < 4.78 is 5.02. The van der Waals surface area contributed by atoms with Gasteiger partial charge in [0, 0.05) is 5.57 Å². The van der Waals surface area contributed by atoms with Crippen LogP contribution in [0.1, 0.15) is 18.1 Å². The molecule has 1 rings (SSSR count). The SMILES string of the molecule is C=Cc1cccc(COC(=O)C(=C)C)c1. The molecule has 0 fully saturated rings. The van der Waals surface area contributed by atoms with Gasteiger partial charge >= 0.3 is 5.97 Å². The first kappa shape index (κ1) is 11.2. The molecular formula is C13H14O2. The fraction of sp³-hybridized carbons (Fsp3) is 0.154. The summed E-state index contributed by atoms with van der Waals surface area (Å²) in [7, 11) is 0. The van der Waals surface area contributed by atoms with Crippen LogP contribution in [-0.4, -0.2) is 5.97 Å². The summed E-state index contributed by atoms with van der Waals surface area (Å²) in [6, 6.07) is 7.68. The Labute approximate surface area is 89.9 Å². The van der Waals surface area contributed by atoms with Crippen LogP contribution in [0.3, 0.4) is 0 Å². The first-order valence-electron chi connectivity index (χ1n) is 4.67. The standard InChI is InChI=1S/C13H14O2/c1-4-11-6-5-7-12(8-11)9-15-13(14)10(2)3/h4-8H,1-2,9H2,3H3. The van der Waals surface area contributed by atoms with Gasteiger partial charge in [-0.05, 0) is 24.1 Å². The predicted molar refractivity (Wildman–Crippen MR) is 61.1 cm³/mol. The number of esters is 1. The molecule has 0 saturated heterocycles. The van der Waals surface area contributed by atoms with E-state index in [1.807, 2.05) is 24.3 Å². The van der Waals surface area contributed by atoms with E-state index < -0.39 is 0 Å². The molecule has 0 aliphatic rings. The smallest absolute Gasteiger partial charge is 0.333 e. The van der Waals surface area contributed by atoms with Crippen LogP contribution in [0.15, 0.2) is 43.0 Å². The summed E-state index contributed by atoms with van der Waals surface area (Å²) in [6.07, 6.45) is 1.75. The quantitative estimate of drug-likeness (QED) is 0.554. The van der Waals surface area contributed by atoms with Crippen molar-refractivity contribution in [1.82, 2.24) is 0 Å². The Kier molecular flexibility index (Phi) is 3.86.